The highest BCUT2D eigenvalue weighted by Gasteiger charge is 2.19. The molecule has 4 nitrogen and oxygen atoms in total. The van der Waals surface area contributed by atoms with Crippen LogP contribution in [0.15, 0.2) is 26.0 Å². The van der Waals surface area contributed by atoms with E-state index < -0.39 is 0 Å². The number of hydrogen-bond acceptors (Lipinski definition) is 4. The van der Waals surface area contributed by atoms with Crippen LogP contribution in [-0.4, -0.2) is 9.78 Å². The zero-order valence-corrected chi connectivity index (χ0v) is 13.8. The van der Waals surface area contributed by atoms with Crippen LogP contribution in [0, 0.1) is 0 Å². The second-order valence-corrected chi connectivity index (χ2v) is 7.67. The molecule has 1 unspecified atom stereocenters. The van der Waals surface area contributed by atoms with Crippen molar-refractivity contribution in [2.45, 2.75) is 25.9 Å². The SMILES string of the molecule is CCCn1cc(C(NN)c2cc(Br)sc2Br)cn1. The smallest absolute Gasteiger partial charge is 0.0762 e. The Hall–Kier alpha value is -0.210. The Bertz CT molecular complexity index is 523. The lowest BCUT2D eigenvalue weighted by molar-refractivity contribution is 0.598. The van der Waals surface area contributed by atoms with Gasteiger partial charge in [0.1, 0.15) is 0 Å². The molecule has 3 N–H and O–H groups in total. The minimum absolute atomic E-state index is 0.0486. The van der Waals surface area contributed by atoms with Crippen LogP contribution in [0.2, 0.25) is 0 Å². The van der Waals surface area contributed by atoms with Gasteiger partial charge >= 0.3 is 0 Å². The van der Waals surface area contributed by atoms with Gasteiger partial charge in [-0.05, 0) is 44.3 Å². The van der Waals surface area contributed by atoms with Gasteiger partial charge in [-0.2, -0.15) is 5.10 Å². The first-order chi connectivity index (χ1) is 8.65. The number of nitrogens with zero attached hydrogens (tertiary/aromatic N) is 2. The molecule has 2 aromatic rings. The molecule has 0 spiro atoms. The molecule has 98 valence electrons. The van der Waals surface area contributed by atoms with Crippen LogP contribution < -0.4 is 11.3 Å². The third-order valence-corrected chi connectivity index (χ3v) is 4.99. The summed E-state index contributed by atoms with van der Waals surface area (Å²) in [5.41, 5.74) is 5.03. The van der Waals surface area contributed by atoms with Crippen molar-refractivity contribution in [1.82, 2.24) is 15.2 Å². The zero-order chi connectivity index (χ0) is 13.1. The van der Waals surface area contributed by atoms with Gasteiger partial charge in [0.15, 0.2) is 0 Å². The van der Waals surface area contributed by atoms with Gasteiger partial charge in [0, 0.05) is 23.9 Å². The maximum Gasteiger partial charge on any atom is 0.0762 e. The fourth-order valence-corrected chi connectivity index (χ4v) is 4.70. The van der Waals surface area contributed by atoms with E-state index in [9.17, 15) is 0 Å². The lowest BCUT2D eigenvalue weighted by Gasteiger charge is -2.13. The number of halogens is 2. The molecule has 0 amide bonds. The summed E-state index contributed by atoms with van der Waals surface area (Å²) in [7, 11) is 0. The van der Waals surface area contributed by atoms with E-state index in [1.54, 1.807) is 11.3 Å². The predicted octanol–water partition coefficient (Wildman–Crippen LogP) is 3.43. The van der Waals surface area contributed by atoms with E-state index in [0.717, 1.165) is 31.7 Å². The molecule has 7 heteroatoms. The van der Waals surface area contributed by atoms with Crippen LogP contribution in [-0.2, 0) is 6.54 Å². The Morgan fingerprint density at radius 1 is 1.56 bits per heavy atom. The van der Waals surface area contributed by atoms with Crippen molar-refractivity contribution in [2.75, 3.05) is 0 Å². The molecule has 0 saturated heterocycles. The number of rotatable bonds is 5. The summed E-state index contributed by atoms with van der Waals surface area (Å²) in [4.78, 5) is 0. The van der Waals surface area contributed by atoms with Gasteiger partial charge in [0.05, 0.1) is 19.8 Å². The van der Waals surface area contributed by atoms with Crippen LogP contribution in [0.4, 0.5) is 0 Å². The van der Waals surface area contributed by atoms with Crippen molar-refractivity contribution in [3.63, 3.8) is 0 Å². The molecule has 0 aromatic carbocycles. The average molecular weight is 394 g/mol. The normalized spacial score (nSPS) is 12.9. The molecule has 0 aliphatic heterocycles. The molecule has 0 saturated carbocycles. The van der Waals surface area contributed by atoms with Crippen molar-refractivity contribution in [3.8, 4) is 0 Å². The van der Waals surface area contributed by atoms with Gasteiger partial charge in [-0.25, -0.2) is 5.43 Å². The Morgan fingerprint density at radius 3 is 2.89 bits per heavy atom. The highest BCUT2D eigenvalue weighted by molar-refractivity contribution is 9.12. The van der Waals surface area contributed by atoms with E-state index in [1.807, 2.05) is 17.1 Å². The van der Waals surface area contributed by atoms with Crippen molar-refractivity contribution >= 4 is 43.2 Å². The number of nitrogens with one attached hydrogen (secondary N) is 1. The highest BCUT2D eigenvalue weighted by atomic mass is 79.9. The third kappa shape index (κ3) is 3.03. The second-order valence-electron chi connectivity index (χ2n) is 3.92. The molecule has 0 aliphatic carbocycles. The maximum atomic E-state index is 5.68. The Kier molecular flexibility index (Phi) is 4.97. The fourth-order valence-electron chi connectivity index (χ4n) is 1.80. The second kappa shape index (κ2) is 6.29. The van der Waals surface area contributed by atoms with Gasteiger partial charge in [-0.15, -0.1) is 11.3 Å². The molecular weight excluding hydrogens is 380 g/mol. The number of nitrogens with two attached hydrogens (primary N) is 1. The maximum absolute atomic E-state index is 5.68. The monoisotopic (exact) mass is 392 g/mol. The van der Waals surface area contributed by atoms with Crippen LogP contribution in [0.25, 0.3) is 0 Å². The first-order valence-electron chi connectivity index (χ1n) is 5.59. The molecule has 0 bridgehead atoms. The lowest BCUT2D eigenvalue weighted by atomic mass is 10.1. The zero-order valence-electron chi connectivity index (χ0n) is 9.86. The molecule has 1 atom stereocenters. The Balaban J connectivity index is 2.29. The molecule has 2 heterocycles. The summed E-state index contributed by atoms with van der Waals surface area (Å²) >= 11 is 8.68. The minimum Gasteiger partial charge on any atom is -0.272 e. The molecular formula is C11H14Br2N4S. The number of hydrazine groups is 1. The summed E-state index contributed by atoms with van der Waals surface area (Å²) < 4.78 is 4.08. The first-order valence-corrected chi connectivity index (χ1v) is 7.99. The van der Waals surface area contributed by atoms with Crippen LogP contribution in [0.5, 0.6) is 0 Å². The summed E-state index contributed by atoms with van der Waals surface area (Å²) in [5.74, 6) is 5.68. The lowest BCUT2D eigenvalue weighted by Crippen LogP contribution is -2.28. The topological polar surface area (TPSA) is 55.9 Å². The molecule has 0 radical (unpaired) electrons. The van der Waals surface area contributed by atoms with Gasteiger partial charge in [-0.1, -0.05) is 6.92 Å². The van der Waals surface area contributed by atoms with Gasteiger partial charge < -0.3 is 0 Å². The first kappa shape index (κ1) is 14.2. The van der Waals surface area contributed by atoms with Crippen molar-refractivity contribution in [3.05, 3.63) is 37.2 Å². The van der Waals surface area contributed by atoms with Crippen molar-refractivity contribution < 1.29 is 0 Å². The summed E-state index contributed by atoms with van der Waals surface area (Å²) in [6.07, 6.45) is 4.96. The molecule has 0 fully saturated rings. The Labute approximate surface area is 127 Å². The number of aromatic nitrogens is 2. The minimum atomic E-state index is -0.0486. The van der Waals surface area contributed by atoms with Crippen LogP contribution in [0.3, 0.4) is 0 Å². The average Bonchev–Trinajstić information content (AvgIpc) is 2.89. The van der Waals surface area contributed by atoms with E-state index in [1.165, 1.54) is 0 Å². The highest BCUT2D eigenvalue weighted by Crippen LogP contribution is 2.37. The standard InChI is InChI=1S/C11H14Br2N4S/c1-2-3-17-6-7(5-15-17)10(16-14)8-4-9(12)18-11(8)13/h4-6,10,16H,2-3,14H2,1H3. The van der Waals surface area contributed by atoms with Gasteiger partial charge in [0.2, 0.25) is 0 Å². The van der Waals surface area contributed by atoms with Crippen molar-refractivity contribution in [1.29, 1.82) is 0 Å². The summed E-state index contributed by atoms with van der Waals surface area (Å²) in [6.45, 7) is 3.05. The predicted molar refractivity (Wildman–Crippen MR) is 81.4 cm³/mol. The van der Waals surface area contributed by atoms with Crippen LogP contribution >= 0.6 is 43.2 Å². The molecule has 2 aromatic heterocycles. The number of thiophene rings is 1. The number of aryl methyl sites for hydroxylation is 1. The quantitative estimate of drug-likeness (QED) is 0.604. The van der Waals surface area contributed by atoms with Gasteiger partial charge in [-0.3, -0.25) is 10.5 Å². The molecule has 18 heavy (non-hydrogen) atoms. The van der Waals surface area contributed by atoms with E-state index in [2.05, 4.69) is 55.4 Å². The van der Waals surface area contributed by atoms with E-state index in [4.69, 9.17) is 5.84 Å². The molecule has 2 rings (SSSR count). The van der Waals surface area contributed by atoms with Crippen LogP contribution in [0.1, 0.15) is 30.5 Å². The number of hydrogen-bond donors (Lipinski definition) is 2. The third-order valence-electron chi connectivity index (χ3n) is 2.60. The van der Waals surface area contributed by atoms with Gasteiger partial charge in [0.25, 0.3) is 0 Å². The van der Waals surface area contributed by atoms with E-state index in [-0.39, 0.29) is 6.04 Å². The van der Waals surface area contributed by atoms with E-state index >= 15 is 0 Å². The van der Waals surface area contributed by atoms with Crippen molar-refractivity contribution in [2.24, 2.45) is 5.84 Å². The Morgan fingerprint density at radius 2 is 2.33 bits per heavy atom. The fraction of sp³-hybridized carbons (Fsp3) is 0.364. The van der Waals surface area contributed by atoms with E-state index in [0.29, 0.717) is 0 Å². The largest absolute Gasteiger partial charge is 0.272 e. The summed E-state index contributed by atoms with van der Waals surface area (Å²) in [6, 6.07) is 2.02. The summed E-state index contributed by atoms with van der Waals surface area (Å²) in [5, 5.41) is 4.33. The molecule has 0 aliphatic rings.